The Bertz CT molecular complexity index is 535. The van der Waals surface area contributed by atoms with Crippen LogP contribution in [-0.2, 0) is 6.18 Å². The normalized spacial score (nSPS) is 12.2. The number of hydrogen-bond donors (Lipinski definition) is 0. The lowest BCUT2D eigenvalue weighted by Gasteiger charge is -2.07. The predicted molar refractivity (Wildman–Crippen MR) is 70.5 cm³/mol. The molecule has 0 aliphatic carbocycles. The highest BCUT2D eigenvalue weighted by atomic mass is 35.5. The lowest BCUT2D eigenvalue weighted by molar-refractivity contribution is -0.137. The van der Waals surface area contributed by atoms with Crippen molar-refractivity contribution in [1.82, 2.24) is 0 Å². The van der Waals surface area contributed by atoms with Crippen molar-refractivity contribution < 1.29 is 13.2 Å². The van der Waals surface area contributed by atoms with Crippen molar-refractivity contribution in [3.8, 4) is 0 Å². The van der Waals surface area contributed by atoms with E-state index >= 15 is 0 Å². The number of halogens is 4. The molecular formula is C13H9ClF3P. The van der Waals surface area contributed by atoms with Crippen LogP contribution in [0.4, 0.5) is 13.2 Å². The van der Waals surface area contributed by atoms with Gasteiger partial charge in [0.05, 0.1) is 5.56 Å². The maximum absolute atomic E-state index is 12.4. The van der Waals surface area contributed by atoms with Gasteiger partial charge in [-0.25, -0.2) is 0 Å². The molecule has 18 heavy (non-hydrogen) atoms. The highest BCUT2D eigenvalue weighted by molar-refractivity contribution is 7.55. The quantitative estimate of drug-likeness (QED) is 0.733. The second-order valence-electron chi connectivity index (χ2n) is 3.71. The number of hydrogen-bond acceptors (Lipinski definition) is 0. The predicted octanol–water partition coefficient (Wildman–Crippen LogP) is 3.99. The van der Waals surface area contributed by atoms with Crippen LogP contribution in [0.2, 0.25) is 5.02 Å². The van der Waals surface area contributed by atoms with Gasteiger partial charge < -0.3 is 0 Å². The highest BCUT2D eigenvalue weighted by Gasteiger charge is 2.29. The van der Waals surface area contributed by atoms with Crippen molar-refractivity contribution in [3.05, 3.63) is 59.1 Å². The third-order valence-corrected chi connectivity index (χ3v) is 3.78. The number of benzene rings is 2. The first kappa shape index (κ1) is 13.4. The molecular weight excluding hydrogens is 280 g/mol. The maximum atomic E-state index is 12.4. The fourth-order valence-corrected chi connectivity index (χ4v) is 2.83. The van der Waals surface area contributed by atoms with E-state index in [1.807, 2.05) is 18.2 Å². The molecule has 0 amide bonds. The first-order valence-electron chi connectivity index (χ1n) is 5.15. The van der Waals surface area contributed by atoms with E-state index in [0.29, 0.717) is 13.6 Å². The maximum Gasteiger partial charge on any atom is 0.416 e. The fraction of sp³-hybridized carbons (Fsp3) is 0.0769. The molecule has 2 rings (SSSR count). The van der Waals surface area contributed by atoms with E-state index in [0.717, 1.165) is 22.7 Å². The first-order chi connectivity index (χ1) is 8.45. The summed E-state index contributed by atoms with van der Waals surface area (Å²) < 4.78 is 37.2. The van der Waals surface area contributed by atoms with Gasteiger partial charge in [0.2, 0.25) is 0 Å². The minimum Gasteiger partial charge on any atom is -0.166 e. The summed E-state index contributed by atoms with van der Waals surface area (Å²) in [6, 6.07) is 12.5. The van der Waals surface area contributed by atoms with E-state index in [1.54, 1.807) is 6.07 Å². The van der Waals surface area contributed by atoms with Gasteiger partial charge in [-0.3, -0.25) is 0 Å². The van der Waals surface area contributed by atoms with Crippen LogP contribution in [0.15, 0.2) is 48.5 Å². The van der Waals surface area contributed by atoms with Gasteiger partial charge in [0.1, 0.15) is 0 Å². The summed E-state index contributed by atoms with van der Waals surface area (Å²) in [4.78, 5) is 0. The summed E-state index contributed by atoms with van der Waals surface area (Å²) in [5.74, 6) is 0. The van der Waals surface area contributed by atoms with Gasteiger partial charge in [-0.1, -0.05) is 44.4 Å². The van der Waals surface area contributed by atoms with Gasteiger partial charge in [0.25, 0.3) is 0 Å². The molecule has 0 heterocycles. The van der Waals surface area contributed by atoms with Crippen molar-refractivity contribution in [3.63, 3.8) is 0 Å². The zero-order valence-corrected chi connectivity index (χ0v) is 10.9. The Morgan fingerprint density at radius 2 is 1.56 bits per heavy atom. The molecule has 0 aromatic heterocycles. The van der Waals surface area contributed by atoms with Gasteiger partial charge >= 0.3 is 6.18 Å². The van der Waals surface area contributed by atoms with Gasteiger partial charge in [0.15, 0.2) is 0 Å². The third-order valence-electron chi connectivity index (χ3n) is 2.33. The summed E-state index contributed by atoms with van der Waals surface area (Å²) in [5.41, 5.74) is -0.623. The minimum absolute atomic E-state index is 0.301. The second kappa shape index (κ2) is 5.29. The van der Waals surface area contributed by atoms with Crippen LogP contribution in [0.25, 0.3) is 0 Å². The Kier molecular flexibility index (Phi) is 3.94. The summed E-state index contributed by atoms with van der Waals surface area (Å²) in [6.45, 7) is 0. The lowest BCUT2D eigenvalue weighted by atomic mass is 10.2. The van der Waals surface area contributed by atoms with Gasteiger partial charge in [-0.15, -0.1) is 0 Å². The van der Waals surface area contributed by atoms with Crippen LogP contribution < -0.4 is 10.6 Å². The van der Waals surface area contributed by atoms with E-state index in [9.17, 15) is 13.2 Å². The van der Waals surface area contributed by atoms with Crippen molar-refractivity contribution in [2.24, 2.45) is 0 Å². The Hall–Kier alpha value is -1.05. The molecule has 0 N–H and O–H groups in total. The smallest absolute Gasteiger partial charge is 0.166 e. The molecule has 0 aliphatic rings. The molecule has 0 spiro atoms. The average Bonchev–Trinajstić information content (AvgIpc) is 2.28. The molecule has 0 radical (unpaired) electrons. The molecule has 0 saturated carbocycles. The third kappa shape index (κ3) is 3.47. The van der Waals surface area contributed by atoms with Crippen LogP contribution in [0.5, 0.6) is 0 Å². The molecule has 5 heteroatoms. The van der Waals surface area contributed by atoms with Crippen LogP contribution >= 0.6 is 20.2 Å². The summed E-state index contributed by atoms with van der Waals surface area (Å²) in [6.07, 6.45) is -4.28. The van der Waals surface area contributed by atoms with Crippen molar-refractivity contribution in [1.29, 1.82) is 0 Å². The molecule has 0 saturated heterocycles. The molecule has 94 valence electrons. The van der Waals surface area contributed by atoms with Crippen molar-refractivity contribution in [2.75, 3.05) is 0 Å². The SMILES string of the molecule is FC(F)(F)c1ccc(Pc2cccc(Cl)c2)cc1. The Balaban J connectivity index is 2.16. The molecule has 1 atom stereocenters. The summed E-state index contributed by atoms with van der Waals surface area (Å²) in [5, 5.41) is 2.49. The van der Waals surface area contributed by atoms with Crippen LogP contribution in [0, 0.1) is 0 Å². The van der Waals surface area contributed by atoms with E-state index < -0.39 is 11.7 Å². The topological polar surface area (TPSA) is 0 Å². The van der Waals surface area contributed by atoms with Crippen molar-refractivity contribution in [2.45, 2.75) is 6.18 Å². The second-order valence-corrected chi connectivity index (χ2v) is 5.55. The van der Waals surface area contributed by atoms with E-state index in [4.69, 9.17) is 11.6 Å². The highest BCUT2D eigenvalue weighted by Crippen LogP contribution is 2.28. The van der Waals surface area contributed by atoms with Crippen LogP contribution in [0.1, 0.15) is 5.56 Å². The minimum atomic E-state index is -4.28. The zero-order chi connectivity index (χ0) is 13.2. The van der Waals surface area contributed by atoms with E-state index in [1.165, 1.54) is 12.1 Å². The van der Waals surface area contributed by atoms with Gasteiger partial charge in [0, 0.05) is 5.02 Å². The largest absolute Gasteiger partial charge is 0.416 e. The molecule has 0 bridgehead atoms. The molecule has 2 aromatic carbocycles. The van der Waals surface area contributed by atoms with Gasteiger partial charge in [-0.2, -0.15) is 13.2 Å². The fourth-order valence-electron chi connectivity index (χ4n) is 1.48. The number of rotatable bonds is 2. The summed E-state index contributed by atoms with van der Waals surface area (Å²) in [7, 11) is 0.301. The van der Waals surface area contributed by atoms with Crippen molar-refractivity contribution >= 4 is 30.8 Å². The Labute approximate surface area is 110 Å². The lowest BCUT2D eigenvalue weighted by Crippen LogP contribution is -2.08. The number of alkyl halides is 3. The van der Waals surface area contributed by atoms with E-state index in [2.05, 4.69) is 0 Å². The zero-order valence-electron chi connectivity index (χ0n) is 9.13. The standard InChI is InChI=1S/C13H9ClF3P/c14-10-2-1-3-12(8-10)18-11-6-4-9(5-7-11)13(15,16)17/h1-8,18H. The van der Waals surface area contributed by atoms with Crippen LogP contribution in [0.3, 0.4) is 0 Å². The van der Waals surface area contributed by atoms with Gasteiger partial charge in [-0.05, 0) is 34.9 Å². The first-order valence-corrected chi connectivity index (χ1v) is 6.53. The molecule has 0 aliphatic heterocycles. The molecule has 1 unspecified atom stereocenters. The Morgan fingerprint density at radius 3 is 2.11 bits per heavy atom. The molecule has 0 fully saturated rings. The summed E-state index contributed by atoms with van der Waals surface area (Å²) >= 11 is 5.85. The van der Waals surface area contributed by atoms with Crippen LogP contribution in [-0.4, -0.2) is 0 Å². The van der Waals surface area contributed by atoms with E-state index in [-0.39, 0.29) is 0 Å². The Morgan fingerprint density at radius 1 is 0.889 bits per heavy atom. The molecule has 2 aromatic rings. The monoisotopic (exact) mass is 288 g/mol. The molecule has 0 nitrogen and oxygen atoms in total. The average molecular weight is 289 g/mol.